The van der Waals surface area contributed by atoms with Gasteiger partial charge in [0.2, 0.25) is 0 Å². The topological polar surface area (TPSA) is 77.2 Å². The second-order valence-corrected chi connectivity index (χ2v) is 5.01. The van der Waals surface area contributed by atoms with Crippen LogP contribution < -0.4 is 0 Å². The molecule has 2 rings (SSSR count). The first kappa shape index (κ1) is 12.4. The summed E-state index contributed by atoms with van der Waals surface area (Å²) in [4.78, 5) is 10.5. The molecule has 1 aliphatic heterocycles. The number of ether oxygens (including phenoxy) is 1. The van der Waals surface area contributed by atoms with Gasteiger partial charge >= 0.3 is 5.97 Å². The quantitative estimate of drug-likeness (QED) is 0.794. The highest BCUT2D eigenvalue weighted by molar-refractivity contribution is 7.99. The molecule has 2 unspecified atom stereocenters. The number of carboxylic acids is 1. The Labute approximate surface area is 103 Å². The van der Waals surface area contributed by atoms with Gasteiger partial charge in [-0.05, 0) is 13.3 Å². The Hall–Kier alpha value is -1.08. The number of thioether (sulfide) groups is 1. The van der Waals surface area contributed by atoms with Crippen LogP contribution in [0.15, 0.2) is 11.5 Å². The summed E-state index contributed by atoms with van der Waals surface area (Å²) in [6.07, 6.45) is 2.69. The van der Waals surface area contributed by atoms with E-state index in [4.69, 9.17) is 9.84 Å². The lowest BCUT2D eigenvalue weighted by Crippen LogP contribution is -2.17. The van der Waals surface area contributed by atoms with E-state index in [9.17, 15) is 4.79 Å². The van der Waals surface area contributed by atoms with Crippen molar-refractivity contribution < 1.29 is 14.6 Å². The Morgan fingerprint density at radius 2 is 2.65 bits per heavy atom. The molecule has 1 fully saturated rings. The summed E-state index contributed by atoms with van der Waals surface area (Å²) in [6.45, 7) is 3.64. The number of aliphatic carboxylic acids is 1. The summed E-state index contributed by atoms with van der Waals surface area (Å²) < 4.78 is 7.30. The number of aromatic nitrogens is 3. The first-order valence-corrected chi connectivity index (χ1v) is 6.49. The zero-order chi connectivity index (χ0) is 12.3. The van der Waals surface area contributed by atoms with E-state index in [0.29, 0.717) is 11.1 Å². The van der Waals surface area contributed by atoms with Gasteiger partial charge in [0.15, 0.2) is 5.16 Å². The van der Waals surface area contributed by atoms with Crippen LogP contribution in [0.4, 0.5) is 0 Å². The lowest BCUT2D eigenvalue weighted by atomic mass is 10.0. The molecule has 17 heavy (non-hydrogen) atoms. The molecular weight excluding hydrogens is 242 g/mol. The molecule has 0 bridgehead atoms. The molecular formula is C10H15N3O3S. The fraction of sp³-hybridized carbons (Fsp3) is 0.700. The second-order valence-electron chi connectivity index (χ2n) is 4.07. The standard InChI is InChI=1S/C10H15N3O3S/c1-7(8-2-3-16-4-8)13-6-11-12-10(13)17-5-9(14)15/h6-8H,2-5H2,1H3,(H,14,15). The van der Waals surface area contributed by atoms with Crippen molar-refractivity contribution in [1.29, 1.82) is 0 Å². The normalized spacial score (nSPS) is 21.6. The van der Waals surface area contributed by atoms with Crippen molar-refractivity contribution in [2.24, 2.45) is 5.92 Å². The van der Waals surface area contributed by atoms with Crippen molar-refractivity contribution in [3.8, 4) is 0 Å². The van der Waals surface area contributed by atoms with E-state index in [0.717, 1.165) is 19.6 Å². The summed E-state index contributed by atoms with van der Waals surface area (Å²) in [5.41, 5.74) is 0. The fourth-order valence-corrected chi connectivity index (χ4v) is 2.62. The summed E-state index contributed by atoms with van der Waals surface area (Å²) in [5.74, 6) is -0.386. The van der Waals surface area contributed by atoms with Crippen molar-refractivity contribution in [2.75, 3.05) is 19.0 Å². The van der Waals surface area contributed by atoms with E-state index in [2.05, 4.69) is 17.1 Å². The minimum atomic E-state index is -0.846. The fourth-order valence-electron chi connectivity index (χ4n) is 1.90. The Morgan fingerprint density at radius 1 is 1.82 bits per heavy atom. The van der Waals surface area contributed by atoms with Gasteiger partial charge in [-0.3, -0.25) is 4.79 Å². The van der Waals surface area contributed by atoms with E-state index >= 15 is 0 Å². The van der Waals surface area contributed by atoms with Crippen LogP contribution in [-0.2, 0) is 9.53 Å². The van der Waals surface area contributed by atoms with E-state index in [1.807, 2.05) is 4.57 Å². The number of hydrogen-bond donors (Lipinski definition) is 1. The largest absolute Gasteiger partial charge is 0.481 e. The average Bonchev–Trinajstić information content (AvgIpc) is 2.96. The predicted molar refractivity (Wildman–Crippen MR) is 62.0 cm³/mol. The molecule has 1 aliphatic rings. The minimum Gasteiger partial charge on any atom is -0.481 e. The van der Waals surface area contributed by atoms with Gasteiger partial charge in [-0.15, -0.1) is 10.2 Å². The Balaban J connectivity index is 2.04. The number of nitrogens with zero attached hydrogens (tertiary/aromatic N) is 3. The summed E-state index contributed by atoms with van der Waals surface area (Å²) >= 11 is 1.20. The molecule has 1 aromatic heterocycles. The minimum absolute atomic E-state index is 0.00653. The molecule has 0 aromatic carbocycles. The molecule has 1 saturated heterocycles. The summed E-state index contributed by atoms with van der Waals surface area (Å²) in [5, 5.41) is 17.1. The van der Waals surface area contributed by atoms with Gasteiger partial charge < -0.3 is 14.4 Å². The van der Waals surface area contributed by atoms with Gasteiger partial charge in [0.1, 0.15) is 6.33 Å². The molecule has 1 N–H and O–H groups in total. The van der Waals surface area contributed by atoms with Crippen molar-refractivity contribution >= 4 is 17.7 Å². The van der Waals surface area contributed by atoms with Crippen LogP contribution in [0.5, 0.6) is 0 Å². The van der Waals surface area contributed by atoms with E-state index in [-0.39, 0.29) is 11.8 Å². The Morgan fingerprint density at radius 3 is 3.29 bits per heavy atom. The van der Waals surface area contributed by atoms with Crippen molar-refractivity contribution in [1.82, 2.24) is 14.8 Å². The summed E-state index contributed by atoms with van der Waals surface area (Å²) in [6, 6.07) is 0.240. The van der Waals surface area contributed by atoms with Gasteiger partial charge in [-0.2, -0.15) is 0 Å². The molecule has 7 heteroatoms. The zero-order valence-electron chi connectivity index (χ0n) is 9.57. The maximum absolute atomic E-state index is 10.5. The third kappa shape index (κ3) is 2.98. The molecule has 0 saturated carbocycles. The molecule has 2 heterocycles. The van der Waals surface area contributed by atoms with Gasteiger partial charge in [0, 0.05) is 18.6 Å². The molecule has 0 radical (unpaired) electrons. The van der Waals surface area contributed by atoms with Crippen LogP contribution in [0, 0.1) is 5.92 Å². The number of carbonyl (C=O) groups is 1. The van der Waals surface area contributed by atoms with Gasteiger partial charge in [-0.1, -0.05) is 11.8 Å². The first-order valence-electron chi connectivity index (χ1n) is 5.50. The third-order valence-corrected chi connectivity index (χ3v) is 3.89. The van der Waals surface area contributed by atoms with Crippen LogP contribution in [0.25, 0.3) is 0 Å². The molecule has 6 nitrogen and oxygen atoms in total. The van der Waals surface area contributed by atoms with Crippen LogP contribution in [-0.4, -0.2) is 44.8 Å². The SMILES string of the molecule is CC(C1CCOC1)n1cnnc1SCC(=O)O. The highest BCUT2D eigenvalue weighted by Crippen LogP contribution is 2.29. The third-order valence-electron chi connectivity index (χ3n) is 2.95. The van der Waals surface area contributed by atoms with E-state index in [1.165, 1.54) is 11.8 Å². The van der Waals surface area contributed by atoms with Gasteiger partial charge in [0.25, 0.3) is 0 Å². The van der Waals surface area contributed by atoms with Gasteiger partial charge in [0.05, 0.1) is 12.4 Å². The molecule has 0 spiro atoms. The lowest BCUT2D eigenvalue weighted by Gasteiger charge is -2.20. The van der Waals surface area contributed by atoms with Crippen molar-refractivity contribution in [3.05, 3.63) is 6.33 Å². The highest BCUT2D eigenvalue weighted by Gasteiger charge is 2.25. The Bertz CT molecular complexity index is 390. The first-order chi connectivity index (χ1) is 8.18. The van der Waals surface area contributed by atoms with Gasteiger partial charge in [-0.25, -0.2) is 0 Å². The predicted octanol–water partition coefficient (Wildman–Crippen LogP) is 1.05. The number of rotatable bonds is 5. The maximum Gasteiger partial charge on any atom is 0.313 e. The van der Waals surface area contributed by atoms with Crippen LogP contribution in [0.2, 0.25) is 0 Å². The number of hydrogen-bond acceptors (Lipinski definition) is 5. The van der Waals surface area contributed by atoms with Crippen LogP contribution in [0.3, 0.4) is 0 Å². The molecule has 1 aromatic rings. The lowest BCUT2D eigenvalue weighted by molar-refractivity contribution is -0.133. The van der Waals surface area contributed by atoms with Crippen LogP contribution in [0.1, 0.15) is 19.4 Å². The van der Waals surface area contributed by atoms with Crippen molar-refractivity contribution in [2.45, 2.75) is 24.5 Å². The molecule has 0 amide bonds. The zero-order valence-corrected chi connectivity index (χ0v) is 10.4. The monoisotopic (exact) mass is 257 g/mol. The van der Waals surface area contributed by atoms with E-state index in [1.54, 1.807) is 6.33 Å². The average molecular weight is 257 g/mol. The second kappa shape index (κ2) is 5.50. The molecule has 0 aliphatic carbocycles. The van der Waals surface area contributed by atoms with Crippen molar-refractivity contribution in [3.63, 3.8) is 0 Å². The van der Waals surface area contributed by atoms with E-state index < -0.39 is 5.97 Å². The van der Waals surface area contributed by atoms with Crippen LogP contribution >= 0.6 is 11.8 Å². The molecule has 2 atom stereocenters. The smallest absolute Gasteiger partial charge is 0.313 e. The molecule has 94 valence electrons. The Kier molecular flexibility index (Phi) is 4.01. The highest BCUT2D eigenvalue weighted by atomic mass is 32.2. The summed E-state index contributed by atoms with van der Waals surface area (Å²) in [7, 11) is 0. The maximum atomic E-state index is 10.5. The number of carboxylic acid groups (broad SMARTS) is 1.